The van der Waals surface area contributed by atoms with Gasteiger partial charge in [-0.15, -0.1) is 0 Å². The number of hydrogen-bond donors (Lipinski definition) is 1. The monoisotopic (exact) mass is 385 g/mol. The molecule has 0 aliphatic carbocycles. The number of methoxy groups -OCH3 is 1. The molecule has 0 saturated carbocycles. The minimum absolute atomic E-state index is 0. The van der Waals surface area contributed by atoms with Gasteiger partial charge in [-0.3, -0.25) is 9.97 Å². The number of nitrogens with zero attached hydrogens (tertiary/aromatic N) is 2. The van der Waals surface area contributed by atoms with Crippen LogP contribution in [0.5, 0.6) is 5.75 Å². The van der Waals surface area contributed by atoms with Gasteiger partial charge in [-0.2, -0.15) is 4.98 Å². The molecule has 0 aliphatic rings. The van der Waals surface area contributed by atoms with E-state index in [1.54, 1.807) is 13.3 Å². The van der Waals surface area contributed by atoms with Gasteiger partial charge in [0.05, 0.1) is 23.3 Å². The molecule has 136 valence electrons. The maximum absolute atomic E-state index is 12.7. The molecule has 0 aliphatic heterocycles. The number of H-pyrrole nitrogens is 1. The largest absolute Gasteiger partial charge is 0.609 e. The van der Waals surface area contributed by atoms with Crippen LogP contribution >= 0.6 is 0 Å². The average Bonchev–Trinajstić information content (AvgIpc) is 3.06. The molecule has 1 N–H and O–H groups in total. The number of pyridine rings is 1. The smallest absolute Gasteiger partial charge is 0.322 e. The maximum atomic E-state index is 12.7. The van der Waals surface area contributed by atoms with Gasteiger partial charge in [0.2, 0.25) is 0 Å². The van der Waals surface area contributed by atoms with Crippen molar-refractivity contribution in [1.29, 1.82) is 0 Å². The maximum Gasteiger partial charge on any atom is 0.322 e. The highest BCUT2D eigenvalue weighted by atomic mass is 32.2. The van der Waals surface area contributed by atoms with Crippen LogP contribution in [-0.4, -0.2) is 62.9 Å². The van der Waals surface area contributed by atoms with Crippen molar-refractivity contribution in [3.63, 3.8) is 0 Å². The second-order valence-electron chi connectivity index (χ2n) is 5.62. The first-order chi connectivity index (χ1) is 12.2. The van der Waals surface area contributed by atoms with Gasteiger partial charge in [-0.05, 0) is 25.1 Å². The normalized spacial score (nSPS) is 12.0. The van der Waals surface area contributed by atoms with E-state index in [4.69, 9.17) is 9.47 Å². The van der Waals surface area contributed by atoms with E-state index in [-0.39, 0.29) is 23.1 Å². The molecule has 0 radical (unpaired) electrons. The third-order valence-electron chi connectivity index (χ3n) is 3.86. The Morgan fingerprint density at radius 2 is 2.00 bits per heavy atom. The highest BCUT2D eigenvalue weighted by Crippen LogP contribution is 2.24. The van der Waals surface area contributed by atoms with Gasteiger partial charge in [-0.25, -0.2) is 0 Å². The van der Waals surface area contributed by atoms with Gasteiger partial charge in [0.25, 0.3) is 0 Å². The third kappa shape index (κ3) is 5.11. The standard InChI is InChI=1S/C18H21N3O3S.Mg.2H/c1-13-16(19-9-8-17(13)24-11-5-10-23-2)12-25(22)18-20-14-6-3-4-7-15(14)21-18;;;/h3-4,6-9H,5,10-12H2,1-2H3,(H,20,21);;;/t25-;;;/m0.../s1. The van der Waals surface area contributed by atoms with E-state index in [0.717, 1.165) is 34.5 Å². The molecule has 0 bridgehead atoms. The molecule has 8 heteroatoms. The molecule has 26 heavy (non-hydrogen) atoms. The van der Waals surface area contributed by atoms with Gasteiger partial charge in [0.1, 0.15) is 5.75 Å². The fraction of sp³-hybridized carbons (Fsp3) is 0.333. The zero-order valence-electron chi connectivity index (χ0n) is 14.3. The molecule has 3 rings (SSSR count). The number of hydrogen-bond acceptors (Lipinski definition) is 5. The lowest BCUT2D eigenvalue weighted by Gasteiger charge is -2.12. The first-order valence-corrected chi connectivity index (χ1v) is 9.40. The Morgan fingerprint density at radius 1 is 1.19 bits per heavy atom. The summed E-state index contributed by atoms with van der Waals surface area (Å²) in [6, 6.07) is 9.47. The summed E-state index contributed by atoms with van der Waals surface area (Å²) in [7, 11) is 1.67. The number of para-hydroxylation sites is 2. The van der Waals surface area contributed by atoms with Crippen molar-refractivity contribution >= 4 is 45.3 Å². The summed E-state index contributed by atoms with van der Waals surface area (Å²) in [5, 5.41) is 0.466. The van der Waals surface area contributed by atoms with Crippen molar-refractivity contribution in [2.45, 2.75) is 24.3 Å². The Hall–Kier alpha value is -1.32. The number of imidazole rings is 1. The molecule has 0 unspecified atom stereocenters. The molecule has 0 amide bonds. The topological polar surface area (TPSA) is 83.1 Å². The van der Waals surface area contributed by atoms with Gasteiger partial charge in [-0.1, -0.05) is 12.1 Å². The number of aromatic amines is 1. The lowest BCUT2D eigenvalue weighted by atomic mass is 10.2. The highest BCUT2D eigenvalue weighted by Gasteiger charge is 2.20. The van der Waals surface area contributed by atoms with Crippen LogP contribution < -0.4 is 4.74 Å². The number of ether oxygens (including phenoxy) is 2. The van der Waals surface area contributed by atoms with Crippen molar-refractivity contribution < 1.29 is 14.0 Å². The van der Waals surface area contributed by atoms with Crippen LogP contribution in [0.1, 0.15) is 17.7 Å². The Bertz CT molecular complexity index is 810. The predicted molar refractivity (Wildman–Crippen MR) is 106 cm³/mol. The number of nitrogens with one attached hydrogen (secondary N) is 1. The highest BCUT2D eigenvalue weighted by molar-refractivity contribution is 7.90. The molecular formula is C18H23MgN3O3S. The van der Waals surface area contributed by atoms with Crippen LogP contribution in [-0.2, 0) is 21.7 Å². The first kappa shape index (κ1) is 21.0. The number of benzene rings is 1. The van der Waals surface area contributed by atoms with E-state index >= 15 is 0 Å². The van der Waals surface area contributed by atoms with E-state index in [1.165, 1.54) is 0 Å². The van der Waals surface area contributed by atoms with Crippen LogP contribution in [0.2, 0.25) is 0 Å². The molecule has 1 aromatic carbocycles. The number of aromatic nitrogens is 3. The summed E-state index contributed by atoms with van der Waals surface area (Å²) in [6.45, 7) is 3.17. The van der Waals surface area contributed by atoms with Gasteiger partial charge in [0, 0.05) is 43.1 Å². The van der Waals surface area contributed by atoms with E-state index in [2.05, 4.69) is 15.0 Å². The summed E-state index contributed by atoms with van der Waals surface area (Å²) < 4.78 is 23.5. The van der Waals surface area contributed by atoms with Crippen LogP contribution in [0.15, 0.2) is 41.7 Å². The molecular weight excluding hydrogens is 363 g/mol. The zero-order valence-corrected chi connectivity index (χ0v) is 15.1. The average molecular weight is 386 g/mol. The molecule has 3 aromatic rings. The molecule has 0 saturated heterocycles. The third-order valence-corrected chi connectivity index (χ3v) is 5.02. The molecule has 2 aromatic heterocycles. The molecule has 2 heterocycles. The van der Waals surface area contributed by atoms with Crippen LogP contribution in [0.4, 0.5) is 0 Å². The first-order valence-electron chi connectivity index (χ1n) is 8.08. The Morgan fingerprint density at radius 3 is 2.77 bits per heavy atom. The Kier molecular flexibility index (Phi) is 8.17. The summed E-state index contributed by atoms with van der Waals surface area (Å²) in [5.74, 6) is 1.06. The zero-order chi connectivity index (χ0) is 17.6. The predicted octanol–water partition coefficient (Wildman–Crippen LogP) is 2.07. The van der Waals surface area contributed by atoms with Crippen molar-refractivity contribution in [2.24, 2.45) is 0 Å². The minimum Gasteiger partial charge on any atom is -0.609 e. The lowest BCUT2D eigenvalue weighted by molar-refractivity contribution is 0.172. The molecule has 1 atom stereocenters. The summed E-state index contributed by atoms with van der Waals surface area (Å²) >= 11 is -1.30. The van der Waals surface area contributed by atoms with E-state index in [0.29, 0.717) is 24.1 Å². The van der Waals surface area contributed by atoms with Gasteiger partial charge in [0.15, 0.2) is 5.75 Å². The molecule has 0 fully saturated rings. The second kappa shape index (κ2) is 10.1. The number of rotatable bonds is 8. The van der Waals surface area contributed by atoms with Crippen molar-refractivity contribution in [3.05, 3.63) is 47.8 Å². The van der Waals surface area contributed by atoms with E-state index < -0.39 is 11.2 Å². The Balaban J connectivity index is 0.00000243. The summed E-state index contributed by atoms with van der Waals surface area (Å²) in [5.41, 5.74) is 3.35. The Labute approximate surface area is 172 Å². The number of fused-ring (bicyclic) bond motifs is 1. The van der Waals surface area contributed by atoms with E-state index in [1.807, 2.05) is 37.3 Å². The van der Waals surface area contributed by atoms with Crippen molar-refractivity contribution in [3.8, 4) is 5.75 Å². The fourth-order valence-electron chi connectivity index (χ4n) is 2.48. The van der Waals surface area contributed by atoms with Crippen molar-refractivity contribution in [1.82, 2.24) is 15.0 Å². The van der Waals surface area contributed by atoms with Crippen LogP contribution in [0, 0.1) is 6.92 Å². The second-order valence-corrected chi connectivity index (χ2v) is 6.99. The van der Waals surface area contributed by atoms with Crippen molar-refractivity contribution in [2.75, 3.05) is 20.3 Å². The summed E-state index contributed by atoms with van der Waals surface area (Å²) in [6.07, 6.45) is 2.50. The van der Waals surface area contributed by atoms with Crippen LogP contribution in [0.3, 0.4) is 0 Å². The lowest BCUT2D eigenvalue weighted by Crippen LogP contribution is -2.10. The van der Waals surface area contributed by atoms with Crippen LogP contribution in [0.25, 0.3) is 11.0 Å². The molecule has 6 nitrogen and oxygen atoms in total. The van der Waals surface area contributed by atoms with E-state index in [9.17, 15) is 4.55 Å². The molecule has 0 spiro atoms. The minimum atomic E-state index is -1.30. The van der Waals surface area contributed by atoms with Gasteiger partial charge >= 0.3 is 28.2 Å². The SMILES string of the molecule is COCCCOc1ccnc(C[S@+]([O-])c2nc3ccccc3[nH]2)c1C.[MgH2]. The van der Waals surface area contributed by atoms with Gasteiger partial charge < -0.3 is 14.0 Å². The summed E-state index contributed by atoms with van der Waals surface area (Å²) in [4.78, 5) is 11.9. The quantitative estimate of drug-likeness (QED) is 0.364. The fourth-order valence-corrected chi connectivity index (χ4v) is 3.58.